The lowest BCUT2D eigenvalue weighted by Crippen LogP contribution is -1.92. The van der Waals surface area contributed by atoms with Crippen LogP contribution in [0.4, 0.5) is 0 Å². The number of rotatable bonds is 0. The van der Waals surface area contributed by atoms with Crippen molar-refractivity contribution in [3.05, 3.63) is 119 Å². The lowest BCUT2D eigenvalue weighted by atomic mass is 9.96. The summed E-state index contributed by atoms with van der Waals surface area (Å²) < 4.78 is 2.34. The maximum atomic E-state index is 5.11. The summed E-state index contributed by atoms with van der Waals surface area (Å²) in [5, 5.41) is 3.81. The highest BCUT2D eigenvalue weighted by molar-refractivity contribution is 6.15. The number of pyridine rings is 1. The fourth-order valence-electron chi connectivity index (χ4n) is 6.63. The molecular formula is C33H20N2. The smallest absolute Gasteiger partial charge is 0.146 e. The van der Waals surface area contributed by atoms with Crippen molar-refractivity contribution in [1.29, 1.82) is 0 Å². The molecule has 0 unspecified atom stereocenters. The van der Waals surface area contributed by atoms with Crippen LogP contribution in [0, 0.1) is 0 Å². The standard InChI is InChI=1S/C33H20N2/c1-2-8-23-19(7-1)13-20-14-21-15-22-16-29-28(18-27(22)26(21)17-25(20)23)24-9-3-5-11-31(24)35-32-12-6-4-10-30(32)34-33(29)35/h1-12,14,16-18H,13,15H2. The van der Waals surface area contributed by atoms with Gasteiger partial charge in [-0.15, -0.1) is 0 Å². The van der Waals surface area contributed by atoms with Gasteiger partial charge < -0.3 is 0 Å². The number of hydrogen-bond donors (Lipinski definition) is 0. The molecule has 2 nitrogen and oxygen atoms in total. The van der Waals surface area contributed by atoms with E-state index in [1.807, 2.05) is 0 Å². The first kappa shape index (κ1) is 18.0. The molecule has 35 heavy (non-hydrogen) atoms. The molecule has 0 bridgehead atoms. The molecule has 9 rings (SSSR count). The Hall–Kier alpha value is -4.43. The maximum Gasteiger partial charge on any atom is 0.146 e. The van der Waals surface area contributed by atoms with Crippen molar-refractivity contribution in [3.63, 3.8) is 0 Å². The van der Waals surface area contributed by atoms with E-state index in [-0.39, 0.29) is 0 Å². The Morgan fingerprint density at radius 3 is 2.11 bits per heavy atom. The molecule has 0 spiro atoms. The van der Waals surface area contributed by atoms with Gasteiger partial charge in [0.25, 0.3) is 0 Å². The molecule has 5 aromatic carbocycles. The fraction of sp³-hybridized carbons (Fsp3) is 0.0606. The van der Waals surface area contributed by atoms with Crippen LogP contribution in [0.3, 0.4) is 0 Å². The quantitative estimate of drug-likeness (QED) is 0.217. The molecule has 162 valence electrons. The van der Waals surface area contributed by atoms with Crippen molar-refractivity contribution in [1.82, 2.24) is 9.38 Å². The Bertz CT molecular complexity index is 2060. The SMILES string of the molecule is c1ccc2c(c1)Cc1cc3c(cc1-2)-c1cc2c4ccccc4n4c5ccccc5nc4c2cc1C3. The molecular weight excluding hydrogens is 424 g/mol. The lowest BCUT2D eigenvalue weighted by Gasteiger charge is -2.12. The van der Waals surface area contributed by atoms with E-state index in [0.29, 0.717) is 0 Å². The maximum absolute atomic E-state index is 5.11. The Labute approximate surface area is 202 Å². The molecule has 0 saturated carbocycles. The van der Waals surface area contributed by atoms with Crippen LogP contribution in [0.5, 0.6) is 0 Å². The van der Waals surface area contributed by atoms with E-state index in [9.17, 15) is 0 Å². The number of benzene rings is 5. The summed E-state index contributed by atoms with van der Waals surface area (Å²) >= 11 is 0. The Morgan fingerprint density at radius 2 is 1.17 bits per heavy atom. The highest BCUT2D eigenvalue weighted by atomic mass is 15.0. The molecule has 2 aliphatic carbocycles. The second kappa shape index (κ2) is 6.17. The van der Waals surface area contributed by atoms with Gasteiger partial charge >= 0.3 is 0 Å². The number of fused-ring (bicyclic) bond motifs is 14. The molecule has 0 fully saturated rings. The van der Waals surface area contributed by atoms with E-state index in [0.717, 1.165) is 24.0 Å². The molecule has 2 aromatic heterocycles. The normalized spacial score (nSPS) is 13.5. The van der Waals surface area contributed by atoms with Crippen LogP contribution >= 0.6 is 0 Å². The van der Waals surface area contributed by atoms with E-state index >= 15 is 0 Å². The van der Waals surface area contributed by atoms with Gasteiger partial charge in [-0.2, -0.15) is 0 Å². The van der Waals surface area contributed by atoms with Crippen LogP contribution in [0.2, 0.25) is 0 Å². The predicted molar refractivity (Wildman–Crippen MR) is 144 cm³/mol. The molecule has 0 radical (unpaired) electrons. The van der Waals surface area contributed by atoms with Crippen molar-refractivity contribution >= 4 is 38.4 Å². The average Bonchev–Trinajstić information content (AvgIpc) is 3.57. The third-order valence-electron chi connectivity index (χ3n) is 8.17. The number of para-hydroxylation sites is 3. The molecule has 7 aromatic rings. The van der Waals surface area contributed by atoms with Crippen molar-refractivity contribution in [2.24, 2.45) is 0 Å². The summed E-state index contributed by atoms with van der Waals surface area (Å²) in [5.74, 6) is 0. The Balaban J connectivity index is 1.39. The third kappa shape index (κ3) is 2.22. The minimum absolute atomic E-state index is 0.990. The molecule has 2 heterocycles. The lowest BCUT2D eigenvalue weighted by molar-refractivity contribution is 1.21. The van der Waals surface area contributed by atoms with E-state index in [1.54, 1.807) is 0 Å². The number of hydrogen-bond acceptors (Lipinski definition) is 1. The fourth-order valence-corrected chi connectivity index (χ4v) is 6.63. The van der Waals surface area contributed by atoms with Gasteiger partial charge in [0.05, 0.1) is 16.6 Å². The second-order valence-electron chi connectivity index (χ2n) is 10.0. The van der Waals surface area contributed by atoms with E-state index in [4.69, 9.17) is 4.98 Å². The van der Waals surface area contributed by atoms with Gasteiger partial charge in [-0.3, -0.25) is 4.40 Å². The monoisotopic (exact) mass is 444 g/mol. The molecule has 0 atom stereocenters. The first-order chi connectivity index (χ1) is 17.3. The van der Waals surface area contributed by atoms with E-state index in [1.165, 1.54) is 71.7 Å². The third-order valence-corrected chi connectivity index (χ3v) is 8.17. The number of aromatic nitrogens is 2. The van der Waals surface area contributed by atoms with Crippen LogP contribution in [-0.2, 0) is 12.8 Å². The number of nitrogens with zero attached hydrogens (tertiary/aromatic N) is 2. The minimum atomic E-state index is 0.990. The molecule has 0 N–H and O–H groups in total. The summed E-state index contributed by atoms with van der Waals surface area (Å²) in [4.78, 5) is 5.11. The van der Waals surface area contributed by atoms with Crippen molar-refractivity contribution < 1.29 is 0 Å². The van der Waals surface area contributed by atoms with Crippen LogP contribution < -0.4 is 0 Å². The van der Waals surface area contributed by atoms with Gasteiger partial charge in [0, 0.05) is 10.8 Å². The van der Waals surface area contributed by atoms with Gasteiger partial charge in [0.1, 0.15) is 5.65 Å². The van der Waals surface area contributed by atoms with Crippen LogP contribution in [0.15, 0.2) is 97.1 Å². The minimum Gasteiger partial charge on any atom is -0.292 e. The van der Waals surface area contributed by atoms with Gasteiger partial charge in [0.2, 0.25) is 0 Å². The van der Waals surface area contributed by atoms with Crippen LogP contribution in [0.1, 0.15) is 22.3 Å². The van der Waals surface area contributed by atoms with Crippen LogP contribution in [-0.4, -0.2) is 9.38 Å². The topological polar surface area (TPSA) is 17.3 Å². The second-order valence-corrected chi connectivity index (χ2v) is 10.0. The zero-order valence-electron chi connectivity index (χ0n) is 19.0. The van der Waals surface area contributed by atoms with Crippen molar-refractivity contribution in [3.8, 4) is 22.3 Å². The Morgan fingerprint density at radius 1 is 0.486 bits per heavy atom. The molecule has 2 aliphatic rings. The summed E-state index contributed by atoms with van der Waals surface area (Å²) in [6.45, 7) is 0. The van der Waals surface area contributed by atoms with E-state index in [2.05, 4.69) is 101 Å². The van der Waals surface area contributed by atoms with Crippen molar-refractivity contribution in [2.45, 2.75) is 12.8 Å². The molecule has 0 saturated heterocycles. The average molecular weight is 445 g/mol. The molecule has 2 heteroatoms. The number of imidazole rings is 1. The molecule has 0 aliphatic heterocycles. The van der Waals surface area contributed by atoms with Gasteiger partial charge in [-0.05, 0) is 99.1 Å². The first-order valence-electron chi connectivity index (χ1n) is 12.3. The predicted octanol–water partition coefficient (Wildman–Crippen LogP) is 7.94. The summed E-state index contributed by atoms with van der Waals surface area (Å²) in [6, 6.07) is 35.9. The largest absolute Gasteiger partial charge is 0.292 e. The van der Waals surface area contributed by atoms with Gasteiger partial charge in [-0.25, -0.2) is 4.98 Å². The summed E-state index contributed by atoms with van der Waals surface area (Å²) in [7, 11) is 0. The van der Waals surface area contributed by atoms with Gasteiger partial charge in [0.15, 0.2) is 0 Å². The van der Waals surface area contributed by atoms with Gasteiger partial charge in [-0.1, -0.05) is 60.7 Å². The van der Waals surface area contributed by atoms with Crippen LogP contribution in [0.25, 0.3) is 60.6 Å². The highest BCUT2D eigenvalue weighted by Crippen LogP contribution is 2.46. The Kier molecular flexibility index (Phi) is 3.16. The van der Waals surface area contributed by atoms with Crippen molar-refractivity contribution in [2.75, 3.05) is 0 Å². The first-order valence-corrected chi connectivity index (χ1v) is 12.3. The summed E-state index contributed by atoms with van der Waals surface area (Å²) in [5.41, 5.74) is 15.8. The molecule has 0 amide bonds. The zero-order chi connectivity index (χ0) is 22.7. The summed E-state index contributed by atoms with van der Waals surface area (Å²) in [6.07, 6.45) is 2.03. The zero-order valence-corrected chi connectivity index (χ0v) is 19.0. The highest BCUT2D eigenvalue weighted by Gasteiger charge is 2.26. The van der Waals surface area contributed by atoms with E-state index < -0.39 is 0 Å².